The lowest BCUT2D eigenvalue weighted by Gasteiger charge is -2.07. The smallest absolute Gasteiger partial charge is 0.242 e. The van der Waals surface area contributed by atoms with Crippen LogP contribution in [0, 0.1) is 0 Å². The molecule has 0 atom stereocenters. The number of nitrogens with two attached hydrogens (primary N) is 1. The van der Waals surface area contributed by atoms with Crippen molar-refractivity contribution < 1.29 is 8.42 Å². The second-order valence-electron chi connectivity index (χ2n) is 2.97. The number of benzene rings is 1. The Balaban J connectivity index is 0.00000225. The van der Waals surface area contributed by atoms with Crippen LogP contribution >= 0.6 is 24.0 Å². The summed E-state index contributed by atoms with van der Waals surface area (Å²) in [5, 5.41) is 0.220. The second-order valence-corrected chi connectivity index (χ2v) is 5.11. The Kier molecular flexibility index (Phi) is 6.94. The van der Waals surface area contributed by atoms with E-state index < -0.39 is 10.0 Å². The average molecular weight is 285 g/mol. The van der Waals surface area contributed by atoms with Gasteiger partial charge in [0.1, 0.15) is 4.90 Å². The first kappa shape index (κ1) is 15.7. The molecule has 0 saturated heterocycles. The van der Waals surface area contributed by atoms with Gasteiger partial charge in [-0.25, -0.2) is 13.1 Å². The Morgan fingerprint density at radius 3 is 2.50 bits per heavy atom. The minimum Gasteiger partial charge on any atom is -0.330 e. The van der Waals surface area contributed by atoms with Crippen molar-refractivity contribution in [1.82, 2.24) is 4.72 Å². The van der Waals surface area contributed by atoms with E-state index in [2.05, 4.69) is 4.72 Å². The molecule has 0 saturated carbocycles. The quantitative estimate of drug-likeness (QED) is 0.803. The van der Waals surface area contributed by atoms with E-state index in [4.69, 9.17) is 17.3 Å². The van der Waals surface area contributed by atoms with Gasteiger partial charge in [-0.05, 0) is 25.1 Å². The Labute approximate surface area is 107 Å². The van der Waals surface area contributed by atoms with E-state index in [-0.39, 0.29) is 22.3 Å². The van der Waals surface area contributed by atoms with Crippen molar-refractivity contribution in [2.24, 2.45) is 5.73 Å². The molecule has 1 aromatic rings. The molecule has 0 spiro atoms. The van der Waals surface area contributed by atoms with Gasteiger partial charge in [0.25, 0.3) is 0 Å². The Bertz CT molecular complexity index is 423. The molecular weight excluding hydrogens is 271 g/mol. The molecule has 0 unspecified atom stereocenters. The number of rotatable bonds is 5. The van der Waals surface area contributed by atoms with Crippen molar-refractivity contribution >= 4 is 34.0 Å². The Hall–Kier alpha value is -0.330. The Morgan fingerprint density at radius 1 is 1.31 bits per heavy atom. The predicted octanol–water partition coefficient (Wildman–Crippen LogP) is 1.39. The number of sulfonamides is 1. The van der Waals surface area contributed by atoms with Crippen LogP contribution in [0.2, 0.25) is 5.02 Å². The highest BCUT2D eigenvalue weighted by molar-refractivity contribution is 7.89. The molecule has 1 aromatic carbocycles. The van der Waals surface area contributed by atoms with Gasteiger partial charge in [-0.3, -0.25) is 0 Å². The average Bonchev–Trinajstić information content (AvgIpc) is 2.18. The molecule has 3 N–H and O–H groups in total. The second kappa shape index (κ2) is 7.09. The summed E-state index contributed by atoms with van der Waals surface area (Å²) in [6.45, 7) is 0.773. The predicted molar refractivity (Wildman–Crippen MR) is 67.6 cm³/mol. The van der Waals surface area contributed by atoms with Gasteiger partial charge in [-0.15, -0.1) is 12.4 Å². The van der Waals surface area contributed by atoms with Gasteiger partial charge in [-0.2, -0.15) is 0 Å². The fraction of sp³-hybridized carbons (Fsp3) is 0.333. The molecule has 16 heavy (non-hydrogen) atoms. The van der Waals surface area contributed by atoms with Crippen LogP contribution in [0.15, 0.2) is 29.2 Å². The summed E-state index contributed by atoms with van der Waals surface area (Å²) < 4.78 is 25.8. The van der Waals surface area contributed by atoms with Gasteiger partial charge >= 0.3 is 0 Å². The summed E-state index contributed by atoms with van der Waals surface area (Å²) in [5.41, 5.74) is 5.27. The molecular formula is C9H14Cl2N2O2S. The van der Waals surface area contributed by atoms with E-state index in [0.717, 1.165) is 0 Å². The third-order valence-electron chi connectivity index (χ3n) is 1.80. The minimum atomic E-state index is -3.50. The van der Waals surface area contributed by atoms with Crippen LogP contribution < -0.4 is 10.5 Å². The fourth-order valence-electron chi connectivity index (χ4n) is 1.05. The fourth-order valence-corrected chi connectivity index (χ4v) is 2.64. The molecule has 92 valence electrons. The summed E-state index contributed by atoms with van der Waals surface area (Å²) in [6.07, 6.45) is 0.601. The molecule has 0 aliphatic carbocycles. The van der Waals surface area contributed by atoms with Gasteiger partial charge in [0, 0.05) is 6.54 Å². The van der Waals surface area contributed by atoms with E-state index in [9.17, 15) is 8.42 Å². The summed E-state index contributed by atoms with van der Waals surface area (Å²) >= 11 is 5.78. The van der Waals surface area contributed by atoms with Crippen LogP contribution in [0.1, 0.15) is 6.42 Å². The van der Waals surface area contributed by atoms with Gasteiger partial charge in [-0.1, -0.05) is 23.7 Å². The monoisotopic (exact) mass is 284 g/mol. The maximum absolute atomic E-state index is 11.7. The maximum Gasteiger partial charge on any atom is 0.242 e. The van der Waals surface area contributed by atoms with Crippen molar-refractivity contribution in [3.05, 3.63) is 29.3 Å². The lowest BCUT2D eigenvalue weighted by molar-refractivity contribution is 0.579. The lowest BCUT2D eigenvalue weighted by atomic mass is 10.4. The van der Waals surface area contributed by atoms with Gasteiger partial charge in [0.05, 0.1) is 5.02 Å². The van der Waals surface area contributed by atoms with Crippen molar-refractivity contribution in [1.29, 1.82) is 0 Å². The molecule has 0 aromatic heterocycles. The van der Waals surface area contributed by atoms with E-state index in [1.54, 1.807) is 18.2 Å². The third kappa shape index (κ3) is 4.27. The first-order valence-electron chi connectivity index (χ1n) is 4.52. The molecule has 1 rings (SSSR count). The van der Waals surface area contributed by atoms with Crippen molar-refractivity contribution in [2.75, 3.05) is 13.1 Å². The van der Waals surface area contributed by atoms with E-state index in [0.29, 0.717) is 19.5 Å². The highest BCUT2D eigenvalue weighted by Crippen LogP contribution is 2.19. The normalized spacial score (nSPS) is 10.9. The van der Waals surface area contributed by atoms with Gasteiger partial charge in [0.15, 0.2) is 0 Å². The van der Waals surface area contributed by atoms with Crippen LogP contribution in [-0.2, 0) is 10.0 Å². The molecule has 0 aliphatic rings. The highest BCUT2D eigenvalue weighted by atomic mass is 35.5. The van der Waals surface area contributed by atoms with Crippen LogP contribution in [-0.4, -0.2) is 21.5 Å². The molecule has 0 amide bonds. The molecule has 0 radical (unpaired) electrons. The minimum absolute atomic E-state index is 0. The summed E-state index contributed by atoms with van der Waals surface area (Å²) in [7, 11) is -3.50. The van der Waals surface area contributed by atoms with Gasteiger partial charge in [0.2, 0.25) is 10.0 Å². The molecule has 4 nitrogen and oxygen atoms in total. The third-order valence-corrected chi connectivity index (χ3v) is 3.76. The van der Waals surface area contributed by atoms with E-state index >= 15 is 0 Å². The van der Waals surface area contributed by atoms with Crippen LogP contribution in [0.4, 0.5) is 0 Å². The Morgan fingerprint density at radius 2 is 1.94 bits per heavy atom. The highest BCUT2D eigenvalue weighted by Gasteiger charge is 2.15. The molecule has 7 heteroatoms. The number of halogens is 2. The first-order chi connectivity index (χ1) is 7.08. The maximum atomic E-state index is 11.7. The topological polar surface area (TPSA) is 72.2 Å². The van der Waals surface area contributed by atoms with Crippen LogP contribution in [0.3, 0.4) is 0 Å². The summed E-state index contributed by atoms with van der Waals surface area (Å²) in [5.74, 6) is 0. The standard InChI is InChI=1S/C9H13ClN2O2S.ClH/c10-8-4-1-2-5-9(8)15(13,14)12-7-3-6-11;/h1-2,4-5,12H,3,6-7,11H2;1H. The molecule has 0 bridgehead atoms. The summed E-state index contributed by atoms with van der Waals surface area (Å²) in [4.78, 5) is 0.101. The zero-order valence-corrected chi connectivity index (χ0v) is 10.9. The number of hydrogen-bond acceptors (Lipinski definition) is 3. The number of nitrogens with one attached hydrogen (secondary N) is 1. The van der Waals surface area contributed by atoms with Crippen molar-refractivity contribution in [3.63, 3.8) is 0 Å². The first-order valence-corrected chi connectivity index (χ1v) is 6.38. The van der Waals surface area contributed by atoms with E-state index in [1.807, 2.05) is 0 Å². The van der Waals surface area contributed by atoms with E-state index in [1.165, 1.54) is 6.07 Å². The van der Waals surface area contributed by atoms with Crippen molar-refractivity contribution in [3.8, 4) is 0 Å². The largest absolute Gasteiger partial charge is 0.330 e. The SMILES string of the molecule is Cl.NCCCNS(=O)(=O)c1ccccc1Cl. The summed E-state index contributed by atoms with van der Waals surface area (Å²) in [6, 6.07) is 6.32. The van der Waals surface area contributed by atoms with Crippen LogP contribution in [0.5, 0.6) is 0 Å². The zero-order chi connectivity index (χ0) is 11.3. The molecule has 0 fully saturated rings. The van der Waals surface area contributed by atoms with Crippen LogP contribution in [0.25, 0.3) is 0 Å². The molecule has 0 aliphatic heterocycles. The van der Waals surface area contributed by atoms with Gasteiger partial charge < -0.3 is 5.73 Å². The molecule has 0 heterocycles. The number of hydrogen-bond donors (Lipinski definition) is 2. The zero-order valence-electron chi connectivity index (χ0n) is 8.52. The van der Waals surface area contributed by atoms with Crippen molar-refractivity contribution in [2.45, 2.75) is 11.3 Å². The lowest BCUT2D eigenvalue weighted by Crippen LogP contribution is -2.26.